The third-order valence-corrected chi connectivity index (χ3v) is 4.19. The van der Waals surface area contributed by atoms with Gasteiger partial charge in [0, 0.05) is 23.2 Å². The van der Waals surface area contributed by atoms with Crippen LogP contribution in [0.4, 0.5) is 13.2 Å². The van der Waals surface area contributed by atoms with Gasteiger partial charge in [-0.3, -0.25) is 4.79 Å². The van der Waals surface area contributed by atoms with Crippen molar-refractivity contribution in [3.63, 3.8) is 0 Å². The van der Waals surface area contributed by atoms with Gasteiger partial charge in [-0.15, -0.1) is 0 Å². The molecule has 1 heterocycles. The minimum absolute atomic E-state index is 0.0579. The Labute approximate surface area is 155 Å². The summed E-state index contributed by atoms with van der Waals surface area (Å²) in [7, 11) is 1.22. The average Bonchev–Trinajstić information content (AvgIpc) is 2.90. The second-order valence-corrected chi connectivity index (χ2v) is 7.19. The van der Waals surface area contributed by atoms with Gasteiger partial charge in [0.25, 0.3) is 0 Å². The molecule has 0 saturated heterocycles. The summed E-state index contributed by atoms with van der Waals surface area (Å²) >= 11 is 0. The van der Waals surface area contributed by atoms with Crippen molar-refractivity contribution in [2.45, 2.75) is 45.8 Å². The van der Waals surface area contributed by atoms with Gasteiger partial charge in [-0.25, -0.2) is 9.78 Å². The third-order valence-electron chi connectivity index (χ3n) is 4.19. The molecule has 1 aromatic heterocycles. The van der Waals surface area contributed by atoms with Gasteiger partial charge in [-0.2, -0.15) is 13.2 Å². The summed E-state index contributed by atoms with van der Waals surface area (Å²) < 4.78 is 47.0. The van der Waals surface area contributed by atoms with Crippen LogP contribution in [0.25, 0.3) is 0 Å². The van der Waals surface area contributed by atoms with Crippen molar-refractivity contribution >= 4 is 12.3 Å². The van der Waals surface area contributed by atoms with Crippen LogP contribution >= 0.6 is 0 Å². The summed E-state index contributed by atoms with van der Waals surface area (Å²) in [5, 5.41) is 0. The number of aldehydes is 1. The van der Waals surface area contributed by atoms with Crippen molar-refractivity contribution in [2.75, 3.05) is 7.11 Å². The molecule has 0 radical (unpaired) electrons. The Morgan fingerprint density at radius 2 is 1.89 bits per heavy atom. The number of rotatable bonds is 4. The lowest BCUT2D eigenvalue weighted by Gasteiger charge is -2.22. The topological polar surface area (TPSA) is 61.2 Å². The number of nitrogens with zero attached hydrogens (tertiary/aromatic N) is 2. The van der Waals surface area contributed by atoms with Crippen LogP contribution < -0.4 is 0 Å². The van der Waals surface area contributed by atoms with E-state index in [1.54, 1.807) is 11.5 Å². The SMILES string of the molecule is COC(=O)c1nc(C(C)(C)C)n(Cc2cccc(C=O)c2C(F)(F)F)c1C. The molecule has 27 heavy (non-hydrogen) atoms. The highest BCUT2D eigenvalue weighted by Gasteiger charge is 2.37. The van der Waals surface area contributed by atoms with Crippen LogP contribution in [0.3, 0.4) is 0 Å². The molecule has 8 heteroatoms. The normalized spacial score (nSPS) is 12.1. The Morgan fingerprint density at radius 1 is 1.26 bits per heavy atom. The van der Waals surface area contributed by atoms with Crippen molar-refractivity contribution in [2.24, 2.45) is 0 Å². The molecule has 0 spiro atoms. The second kappa shape index (κ2) is 7.17. The number of benzene rings is 1. The van der Waals surface area contributed by atoms with Crippen LogP contribution in [-0.4, -0.2) is 28.9 Å². The fourth-order valence-electron chi connectivity index (χ4n) is 2.96. The molecular formula is C19H21F3N2O3. The van der Waals surface area contributed by atoms with E-state index in [1.165, 1.54) is 19.2 Å². The van der Waals surface area contributed by atoms with Crippen LogP contribution in [0.2, 0.25) is 0 Å². The summed E-state index contributed by atoms with van der Waals surface area (Å²) in [5.41, 5.74) is -1.55. The molecule has 5 nitrogen and oxygen atoms in total. The maximum absolute atomic E-state index is 13.6. The number of imidazole rings is 1. The van der Waals surface area contributed by atoms with E-state index >= 15 is 0 Å². The van der Waals surface area contributed by atoms with Gasteiger partial charge in [-0.05, 0) is 12.5 Å². The summed E-state index contributed by atoms with van der Waals surface area (Å²) in [6, 6.07) is 3.85. The largest absolute Gasteiger partial charge is 0.464 e. The molecular weight excluding hydrogens is 361 g/mol. The molecule has 0 fully saturated rings. The zero-order valence-electron chi connectivity index (χ0n) is 15.8. The van der Waals surface area contributed by atoms with Gasteiger partial charge in [0.05, 0.1) is 12.7 Å². The lowest BCUT2D eigenvalue weighted by molar-refractivity contribution is -0.138. The molecule has 0 N–H and O–H groups in total. The predicted molar refractivity (Wildman–Crippen MR) is 92.9 cm³/mol. The first-order chi connectivity index (χ1) is 12.4. The van der Waals surface area contributed by atoms with Crippen LogP contribution in [0.5, 0.6) is 0 Å². The van der Waals surface area contributed by atoms with Crippen LogP contribution in [0, 0.1) is 6.92 Å². The first-order valence-electron chi connectivity index (χ1n) is 8.22. The van der Waals surface area contributed by atoms with Crippen LogP contribution in [0.15, 0.2) is 18.2 Å². The summed E-state index contributed by atoms with van der Waals surface area (Å²) in [5.74, 6) is -0.209. The molecule has 0 atom stereocenters. The molecule has 0 saturated carbocycles. The highest BCUT2D eigenvalue weighted by molar-refractivity contribution is 5.88. The second-order valence-electron chi connectivity index (χ2n) is 7.19. The maximum Gasteiger partial charge on any atom is 0.417 e. The predicted octanol–water partition coefficient (Wildman–Crippen LogP) is 4.16. The zero-order valence-corrected chi connectivity index (χ0v) is 15.8. The number of halogens is 3. The van der Waals surface area contributed by atoms with Gasteiger partial charge in [0.1, 0.15) is 5.82 Å². The van der Waals surface area contributed by atoms with E-state index in [4.69, 9.17) is 4.74 Å². The van der Waals surface area contributed by atoms with Gasteiger partial charge in [-0.1, -0.05) is 39.0 Å². The fraction of sp³-hybridized carbons (Fsp3) is 0.421. The van der Waals surface area contributed by atoms with Crippen molar-refractivity contribution in [1.29, 1.82) is 0 Å². The van der Waals surface area contributed by atoms with Crippen molar-refractivity contribution in [3.05, 3.63) is 52.1 Å². The summed E-state index contributed by atoms with van der Waals surface area (Å²) in [6.07, 6.45) is -4.49. The number of hydrogen-bond acceptors (Lipinski definition) is 4. The van der Waals surface area contributed by atoms with E-state index in [0.29, 0.717) is 11.5 Å². The van der Waals surface area contributed by atoms with Gasteiger partial charge < -0.3 is 9.30 Å². The van der Waals surface area contributed by atoms with Gasteiger partial charge in [0.15, 0.2) is 12.0 Å². The number of ether oxygens (including phenoxy) is 1. The number of carbonyl (C=O) groups is 2. The average molecular weight is 382 g/mol. The lowest BCUT2D eigenvalue weighted by Crippen LogP contribution is -2.22. The monoisotopic (exact) mass is 382 g/mol. The fourth-order valence-corrected chi connectivity index (χ4v) is 2.96. The minimum Gasteiger partial charge on any atom is -0.464 e. The number of methoxy groups -OCH3 is 1. The van der Waals surface area contributed by atoms with E-state index in [-0.39, 0.29) is 24.1 Å². The van der Waals surface area contributed by atoms with Crippen LogP contribution in [0.1, 0.15) is 64.3 Å². The highest BCUT2D eigenvalue weighted by atomic mass is 19.4. The number of aromatic nitrogens is 2. The quantitative estimate of drug-likeness (QED) is 0.589. The van der Waals surface area contributed by atoms with Crippen molar-refractivity contribution < 1.29 is 27.5 Å². The molecule has 0 unspecified atom stereocenters. The Balaban J connectivity index is 2.70. The van der Waals surface area contributed by atoms with E-state index < -0.39 is 28.7 Å². The Kier molecular flexibility index (Phi) is 5.49. The van der Waals surface area contributed by atoms with E-state index in [1.807, 2.05) is 20.8 Å². The standard InChI is InChI=1S/C19H21F3N2O3/c1-11-15(16(26)27-5)23-17(18(2,3)4)24(11)9-12-7-6-8-13(10-25)14(12)19(20,21)22/h6-8,10H,9H2,1-5H3. The molecule has 2 aromatic rings. The number of esters is 1. The van der Waals surface area contributed by atoms with Crippen LogP contribution in [-0.2, 0) is 22.9 Å². The molecule has 146 valence electrons. The molecule has 2 rings (SSSR count). The molecule has 0 bridgehead atoms. The zero-order chi connectivity index (χ0) is 20.6. The van der Waals surface area contributed by atoms with E-state index in [2.05, 4.69) is 4.98 Å². The Bertz CT molecular complexity index is 878. The first kappa shape index (κ1) is 20.7. The number of alkyl halides is 3. The van der Waals surface area contributed by atoms with Gasteiger partial charge >= 0.3 is 12.1 Å². The molecule has 0 amide bonds. The minimum atomic E-state index is -4.69. The lowest BCUT2D eigenvalue weighted by atomic mass is 9.95. The number of carbonyl (C=O) groups excluding carboxylic acids is 2. The summed E-state index contributed by atoms with van der Waals surface area (Å²) in [6.45, 7) is 6.96. The molecule has 1 aromatic carbocycles. The van der Waals surface area contributed by atoms with Crippen molar-refractivity contribution in [3.8, 4) is 0 Å². The van der Waals surface area contributed by atoms with E-state index in [0.717, 1.165) is 6.07 Å². The Hall–Kier alpha value is -2.64. The van der Waals surface area contributed by atoms with E-state index in [9.17, 15) is 22.8 Å². The molecule has 0 aliphatic rings. The first-order valence-corrected chi connectivity index (χ1v) is 8.22. The molecule has 0 aliphatic carbocycles. The number of hydrogen-bond donors (Lipinski definition) is 0. The van der Waals surface area contributed by atoms with Gasteiger partial charge in [0.2, 0.25) is 0 Å². The third kappa shape index (κ3) is 4.04. The highest BCUT2D eigenvalue weighted by Crippen LogP contribution is 2.35. The molecule has 0 aliphatic heterocycles. The van der Waals surface area contributed by atoms with Crippen molar-refractivity contribution in [1.82, 2.24) is 9.55 Å². The summed E-state index contributed by atoms with van der Waals surface area (Å²) in [4.78, 5) is 27.4. The smallest absolute Gasteiger partial charge is 0.417 e. The maximum atomic E-state index is 13.6. The Morgan fingerprint density at radius 3 is 2.37 bits per heavy atom.